The highest BCUT2D eigenvalue weighted by Crippen LogP contribution is 2.26. The zero-order valence-electron chi connectivity index (χ0n) is 10.1. The Labute approximate surface area is 114 Å². The molecular formula is C13H14BrN3O. The fraction of sp³-hybridized carbons (Fsp3) is 0.231. The topological polar surface area (TPSA) is 61.0 Å². The van der Waals surface area contributed by atoms with Crippen molar-refractivity contribution in [2.75, 3.05) is 6.54 Å². The Bertz CT molecular complexity index is 528. The van der Waals surface area contributed by atoms with Crippen molar-refractivity contribution in [1.29, 1.82) is 0 Å². The van der Waals surface area contributed by atoms with Crippen molar-refractivity contribution in [2.45, 2.75) is 13.3 Å². The van der Waals surface area contributed by atoms with Gasteiger partial charge in [0, 0.05) is 16.9 Å². The Balaban J connectivity index is 2.15. The van der Waals surface area contributed by atoms with Crippen molar-refractivity contribution in [3.05, 3.63) is 46.2 Å². The van der Waals surface area contributed by atoms with Gasteiger partial charge in [0.15, 0.2) is 0 Å². The molecule has 0 saturated heterocycles. The van der Waals surface area contributed by atoms with Crippen molar-refractivity contribution in [2.24, 2.45) is 5.73 Å². The van der Waals surface area contributed by atoms with Crippen molar-refractivity contribution >= 4 is 15.9 Å². The third-order valence-electron chi connectivity index (χ3n) is 2.47. The highest BCUT2D eigenvalue weighted by Gasteiger charge is 2.04. The molecule has 0 radical (unpaired) electrons. The summed E-state index contributed by atoms with van der Waals surface area (Å²) in [6.45, 7) is 2.57. The molecule has 0 unspecified atom stereocenters. The van der Waals surface area contributed by atoms with E-state index in [-0.39, 0.29) is 0 Å². The number of benzene rings is 1. The normalized spacial score (nSPS) is 10.4. The Morgan fingerprint density at radius 1 is 1.28 bits per heavy atom. The fourth-order valence-electron chi connectivity index (χ4n) is 1.47. The molecule has 0 amide bonds. The van der Waals surface area contributed by atoms with Crippen LogP contribution in [0.25, 0.3) is 0 Å². The van der Waals surface area contributed by atoms with E-state index in [9.17, 15) is 0 Å². The predicted octanol–water partition coefficient (Wildman–Crippen LogP) is 2.84. The van der Waals surface area contributed by atoms with Gasteiger partial charge in [-0.05, 0) is 43.1 Å². The standard InChI is InChI=1S/C13H14BrN3O/c1-9-2-3-11(14)6-12(9)18-13-16-7-10(4-5-15)8-17-13/h2-3,6-8H,4-5,15H2,1H3. The molecule has 0 saturated carbocycles. The van der Waals surface area contributed by atoms with E-state index in [0.29, 0.717) is 12.6 Å². The van der Waals surface area contributed by atoms with Crippen molar-refractivity contribution < 1.29 is 4.74 Å². The summed E-state index contributed by atoms with van der Waals surface area (Å²) in [5.74, 6) is 0.746. The second-order valence-electron chi connectivity index (χ2n) is 3.92. The monoisotopic (exact) mass is 307 g/mol. The van der Waals surface area contributed by atoms with Gasteiger partial charge in [-0.3, -0.25) is 0 Å². The summed E-state index contributed by atoms with van der Waals surface area (Å²) in [7, 11) is 0. The zero-order chi connectivity index (χ0) is 13.0. The van der Waals surface area contributed by atoms with Crippen LogP contribution in [0, 0.1) is 6.92 Å². The van der Waals surface area contributed by atoms with Crippen LogP contribution in [0.1, 0.15) is 11.1 Å². The minimum atomic E-state index is 0.344. The van der Waals surface area contributed by atoms with E-state index in [1.807, 2.05) is 25.1 Å². The molecule has 2 aromatic rings. The third kappa shape index (κ3) is 3.27. The smallest absolute Gasteiger partial charge is 0.321 e. The number of ether oxygens (including phenoxy) is 1. The van der Waals surface area contributed by atoms with Gasteiger partial charge in [-0.25, -0.2) is 9.97 Å². The second kappa shape index (κ2) is 5.93. The molecule has 0 bridgehead atoms. The number of aryl methyl sites for hydroxylation is 1. The van der Waals surface area contributed by atoms with Crippen LogP contribution in [0.4, 0.5) is 0 Å². The number of nitrogens with two attached hydrogens (primary N) is 1. The molecule has 2 N–H and O–H groups in total. The summed E-state index contributed by atoms with van der Waals surface area (Å²) in [4.78, 5) is 8.32. The fourth-order valence-corrected chi connectivity index (χ4v) is 1.81. The maximum absolute atomic E-state index is 5.64. The van der Waals surface area contributed by atoms with E-state index in [1.54, 1.807) is 12.4 Å². The molecule has 94 valence electrons. The van der Waals surface area contributed by atoms with Crippen molar-refractivity contribution in [3.63, 3.8) is 0 Å². The molecule has 1 aromatic carbocycles. The first-order valence-corrected chi connectivity index (χ1v) is 6.43. The van der Waals surface area contributed by atoms with Crippen molar-refractivity contribution in [1.82, 2.24) is 9.97 Å². The quantitative estimate of drug-likeness (QED) is 0.943. The predicted molar refractivity (Wildman–Crippen MR) is 73.7 cm³/mol. The molecule has 2 rings (SSSR count). The lowest BCUT2D eigenvalue weighted by molar-refractivity contribution is 0.437. The number of halogens is 1. The lowest BCUT2D eigenvalue weighted by atomic mass is 10.2. The average Bonchev–Trinajstić information content (AvgIpc) is 2.37. The number of aromatic nitrogens is 2. The molecule has 0 aliphatic heterocycles. The van der Waals surface area contributed by atoms with Gasteiger partial charge in [0.25, 0.3) is 0 Å². The first-order valence-electron chi connectivity index (χ1n) is 5.64. The number of hydrogen-bond acceptors (Lipinski definition) is 4. The summed E-state index contributed by atoms with van der Waals surface area (Å²) in [6, 6.07) is 6.18. The number of rotatable bonds is 4. The SMILES string of the molecule is Cc1ccc(Br)cc1Oc1ncc(CCN)cn1. The molecule has 1 aromatic heterocycles. The molecule has 4 nitrogen and oxygen atoms in total. The van der Waals surface area contributed by atoms with Gasteiger partial charge in [0.1, 0.15) is 5.75 Å². The van der Waals surface area contributed by atoms with Crippen LogP contribution in [0.5, 0.6) is 11.8 Å². The van der Waals surface area contributed by atoms with Gasteiger partial charge in [0.2, 0.25) is 0 Å². The number of hydrogen-bond donors (Lipinski definition) is 1. The summed E-state index contributed by atoms with van der Waals surface area (Å²) in [6.07, 6.45) is 4.25. The van der Waals surface area contributed by atoms with Gasteiger partial charge < -0.3 is 10.5 Å². The second-order valence-corrected chi connectivity index (χ2v) is 4.84. The lowest BCUT2D eigenvalue weighted by Gasteiger charge is -2.07. The molecule has 0 aliphatic rings. The minimum absolute atomic E-state index is 0.344. The van der Waals surface area contributed by atoms with Crippen LogP contribution < -0.4 is 10.5 Å². The average molecular weight is 308 g/mol. The van der Waals surface area contributed by atoms with E-state index < -0.39 is 0 Å². The Morgan fingerprint density at radius 2 is 2.00 bits per heavy atom. The molecule has 1 heterocycles. The van der Waals surface area contributed by atoms with E-state index in [1.165, 1.54) is 0 Å². The van der Waals surface area contributed by atoms with Crippen LogP contribution in [0.2, 0.25) is 0 Å². The highest BCUT2D eigenvalue weighted by atomic mass is 79.9. The van der Waals surface area contributed by atoms with E-state index >= 15 is 0 Å². The third-order valence-corrected chi connectivity index (χ3v) is 2.96. The lowest BCUT2D eigenvalue weighted by Crippen LogP contribution is -2.03. The van der Waals surface area contributed by atoms with E-state index in [4.69, 9.17) is 10.5 Å². The van der Waals surface area contributed by atoms with Crippen LogP contribution in [-0.2, 0) is 6.42 Å². The van der Waals surface area contributed by atoms with Gasteiger partial charge in [-0.15, -0.1) is 0 Å². The minimum Gasteiger partial charge on any atom is -0.424 e. The Kier molecular flexibility index (Phi) is 4.28. The van der Waals surface area contributed by atoms with Gasteiger partial charge in [0.05, 0.1) is 0 Å². The van der Waals surface area contributed by atoms with Gasteiger partial charge in [-0.2, -0.15) is 0 Å². The zero-order valence-corrected chi connectivity index (χ0v) is 11.6. The molecule has 5 heteroatoms. The van der Waals surface area contributed by atoms with Crippen molar-refractivity contribution in [3.8, 4) is 11.8 Å². The first kappa shape index (κ1) is 13.0. The Morgan fingerprint density at radius 3 is 2.67 bits per heavy atom. The van der Waals surface area contributed by atoms with Crippen LogP contribution in [0.15, 0.2) is 35.1 Å². The molecule has 0 aliphatic carbocycles. The van der Waals surface area contributed by atoms with Crippen LogP contribution in [0.3, 0.4) is 0 Å². The van der Waals surface area contributed by atoms with Crippen LogP contribution >= 0.6 is 15.9 Å². The number of nitrogens with zero attached hydrogens (tertiary/aromatic N) is 2. The molecule has 0 atom stereocenters. The highest BCUT2D eigenvalue weighted by molar-refractivity contribution is 9.10. The molecule has 0 spiro atoms. The maximum atomic E-state index is 5.64. The first-order chi connectivity index (χ1) is 8.69. The Hall–Kier alpha value is -1.46. The summed E-state index contributed by atoms with van der Waals surface area (Å²) < 4.78 is 6.60. The van der Waals surface area contributed by atoms with Crippen LogP contribution in [-0.4, -0.2) is 16.5 Å². The molecular weight excluding hydrogens is 294 g/mol. The van der Waals surface area contributed by atoms with Gasteiger partial charge in [-0.1, -0.05) is 22.0 Å². The van der Waals surface area contributed by atoms with E-state index in [2.05, 4.69) is 25.9 Å². The summed E-state index contributed by atoms with van der Waals surface area (Å²) in [5, 5.41) is 0. The summed E-state index contributed by atoms with van der Waals surface area (Å²) >= 11 is 3.41. The summed E-state index contributed by atoms with van der Waals surface area (Å²) in [5.41, 5.74) is 7.51. The van der Waals surface area contributed by atoms with Gasteiger partial charge >= 0.3 is 6.01 Å². The molecule has 18 heavy (non-hydrogen) atoms. The largest absolute Gasteiger partial charge is 0.424 e. The maximum Gasteiger partial charge on any atom is 0.321 e. The van der Waals surface area contributed by atoms with E-state index in [0.717, 1.165) is 27.8 Å². The molecule has 0 fully saturated rings.